The average Bonchev–Trinajstić information content (AvgIpc) is 3.64. The summed E-state index contributed by atoms with van der Waals surface area (Å²) in [4.78, 5) is 0. The van der Waals surface area contributed by atoms with Gasteiger partial charge in [-0.15, -0.1) is 0 Å². The molecule has 0 saturated carbocycles. The molecule has 2 aliphatic rings. The lowest BCUT2D eigenvalue weighted by atomic mass is 9.76. The van der Waals surface area contributed by atoms with Gasteiger partial charge in [0.25, 0.3) is 0 Å². The molecule has 1 aliphatic carbocycles. The average molecular weight is 631 g/mol. The van der Waals surface area contributed by atoms with Crippen LogP contribution in [0.1, 0.15) is 41.7 Å². The van der Waals surface area contributed by atoms with Crippen LogP contribution in [-0.4, -0.2) is 21.3 Å². The zero-order valence-electron chi connectivity index (χ0n) is 27.5. The van der Waals surface area contributed by atoms with Crippen LogP contribution in [0.25, 0.3) is 49.9 Å². The van der Waals surface area contributed by atoms with Crippen molar-refractivity contribution < 1.29 is 23.4 Å². The van der Waals surface area contributed by atoms with Gasteiger partial charge in [-0.25, -0.2) is 0 Å². The molecule has 0 amide bonds. The largest absolute Gasteiger partial charge is 0.497 e. The third-order valence-electron chi connectivity index (χ3n) is 10.4. The number of rotatable bonds is 5. The van der Waals surface area contributed by atoms with E-state index in [1.807, 2.05) is 36.4 Å². The topological polar surface area (TPSA) is 50.1 Å². The molecular formula is C43H34O5. The lowest BCUT2D eigenvalue weighted by Gasteiger charge is -2.38. The first-order chi connectivity index (χ1) is 23.4. The fraction of sp³-hybridized carbons (Fsp3) is 0.163. The predicted octanol–water partition coefficient (Wildman–Crippen LogP) is 10.4. The standard InChI is InChI=1S/C43H34O5/c1-42(2)33-12-8-6-10-29(33)37-36-32(24-35(46-5)41-38(36)30-11-7-9-13-34(30)47-41)40-31(39(37)42)22-23-43(48-40,25-14-18-27(44-3)19-15-25)26-16-20-28(45-4)21-17-26/h6-24H,1-5H3. The lowest BCUT2D eigenvalue weighted by Crippen LogP contribution is -2.35. The minimum Gasteiger partial charge on any atom is -0.497 e. The van der Waals surface area contributed by atoms with Crippen molar-refractivity contribution in [1.82, 2.24) is 0 Å². The summed E-state index contributed by atoms with van der Waals surface area (Å²) in [5.74, 6) is 3.04. The summed E-state index contributed by atoms with van der Waals surface area (Å²) < 4.78 is 31.2. The summed E-state index contributed by atoms with van der Waals surface area (Å²) in [6.45, 7) is 4.64. The van der Waals surface area contributed by atoms with Crippen LogP contribution in [0.2, 0.25) is 0 Å². The molecule has 6 aromatic carbocycles. The molecule has 1 aromatic heterocycles. The maximum atomic E-state index is 7.55. The van der Waals surface area contributed by atoms with E-state index in [2.05, 4.69) is 92.7 Å². The molecular weight excluding hydrogens is 596 g/mol. The zero-order chi connectivity index (χ0) is 32.8. The van der Waals surface area contributed by atoms with E-state index >= 15 is 0 Å². The van der Waals surface area contributed by atoms with Crippen molar-refractivity contribution in [3.05, 3.63) is 137 Å². The van der Waals surface area contributed by atoms with Crippen LogP contribution >= 0.6 is 0 Å². The molecule has 0 saturated heterocycles. The van der Waals surface area contributed by atoms with Gasteiger partial charge in [0, 0.05) is 43.7 Å². The molecule has 7 aromatic rings. The van der Waals surface area contributed by atoms with Crippen molar-refractivity contribution in [2.45, 2.75) is 24.9 Å². The van der Waals surface area contributed by atoms with Gasteiger partial charge < -0.3 is 23.4 Å². The van der Waals surface area contributed by atoms with Gasteiger partial charge in [-0.05, 0) is 64.7 Å². The Bertz CT molecular complexity index is 2400. The molecule has 1 aliphatic heterocycles. The van der Waals surface area contributed by atoms with Gasteiger partial charge >= 0.3 is 0 Å². The monoisotopic (exact) mass is 630 g/mol. The fourth-order valence-electron chi connectivity index (χ4n) is 8.10. The summed E-state index contributed by atoms with van der Waals surface area (Å²) in [5, 5.41) is 4.16. The zero-order valence-corrected chi connectivity index (χ0v) is 27.5. The molecule has 0 radical (unpaired) electrons. The van der Waals surface area contributed by atoms with E-state index in [9.17, 15) is 0 Å². The summed E-state index contributed by atoms with van der Waals surface area (Å²) in [6.07, 6.45) is 4.47. The second kappa shape index (κ2) is 10.2. The van der Waals surface area contributed by atoms with Crippen LogP contribution in [0.15, 0.2) is 114 Å². The molecule has 2 heterocycles. The van der Waals surface area contributed by atoms with Crippen LogP contribution in [-0.2, 0) is 11.0 Å². The van der Waals surface area contributed by atoms with E-state index in [-0.39, 0.29) is 5.41 Å². The third kappa shape index (κ3) is 3.73. The molecule has 0 N–H and O–H groups in total. The minimum atomic E-state index is -0.942. The second-order valence-electron chi connectivity index (χ2n) is 13.1. The molecule has 9 rings (SSSR count). The first-order valence-electron chi connectivity index (χ1n) is 16.2. The third-order valence-corrected chi connectivity index (χ3v) is 10.4. The second-order valence-corrected chi connectivity index (χ2v) is 13.1. The molecule has 0 unspecified atom stereocenters. The Morgan fingerprint density at radius 3 is 1.96 bits per heavy atom. The Morgan fingerprint density at radius 2 is 1.29 bits per heavy atom. The molecule has 48 heavy (non-hydrogen) atoms. The van der Waals surface area contributed by atoms with E-state index in [1.54, 1.807) is 21.3 Å². The maximum Gasteiger partial charge on any atom is 0.178 e. The number of hydrogen-bond donors (Lipinski definition) is 0. The summed E-state index contributed by atoms with van der Waals surface area (Å²) in [6, 6.07) is 35.4. The summed E-state index contributed by atoms with van der Waals surface area (Å²) in [7, 11) is 5.06. The Labute approximate surface area is 278 Å². The van der Waals surface area contributed by atoms with E-state index in [1.165, 1.54) is 22.3 Å². The molecule has 0 atom stereocenters. The molecule has 236 valence electrons. The Hall–Kier alpha value is -5.68. The highest BCUT2D eigenvalue weighted by molar-refractivity contribution is 6.27. The molecule has 0 bridgehead atoms. The number of hydrogen-bond acceptors (Lipinski definition) is 5. The SMILES string of the molecule is COc1ccc(C2(c3ccc(OC)cc3)C=Cc3c4c(c5c(cc(OC)c6oc7ccccc7c65)c3O2)-c2ccccc2C4(C)C)cc1. The number of fused-ring (bicyclic) bond motifs is 12. The van der Waals surface area contributed by atoms with Gasteiger partial charge in [0.15, 0.2) is 16.9 Å². The van der Waals surface area contributed by atoms with Crippen molar-refractivity contribution in [2.75, 3.05) is 21.3 Å². The Kier molecular flexibility index (Phi) is 6.04. The smallest absolute Gasteiger partial charge is 0.178 e. The van der Waals surface area contributed by atoms with E-state index in [0.717, 1.165) is 66.6 Å². The van der Waals surface area contributed by atoms with Crippen molar-refractivity contribution in [3.8, 4) is 34.1 Å². The summed E-state index contributed by atoms with van der Waals surface area (Å²) >= 11 is 0. The number of para-hydroxylation sites is 1. The van der Waals surface area contributed by atoms with E-state index in [4.69, 9.17) is 23.4 Å². The number of ether oxygens (including phenoxy) is 4. The summed E-state index contributed by atoms with van der Waals surface area (Å²) in [5.41, 5.74) is 8.36. The Balaban J connectivity index is 1.44. The van der Waals surface area contributed by atoms with Crippen LogP contribution in [0.5, 0.6) is 23.0 Å². The first kappa shape index (κ1) is 28.5. The fourth-order valence-corrected chi connectivity index (χ4v) is 8.10. The van der Waals surface area contributed by atoms with Crippen molar-refractivity contribution in [3.63, 3.8) is 0 Å². The van der Waals surface area contributed by atoms with E-state index in [0.29, 0.717) is 5.75 Å². The highest BCUT2D eigenvalue weighted by atomic mass is 16.5. The number of benzene rings is 6. The van der Waals surface area contributed by atoms with Crippen LogP contribution in [0.4, 0.5) is 0 Å². The lowest BCUT2D eigenvalue weighted by molar-refractivity contribution is 0.163. The number of furan rings is 1. The van der Waals surface area contributed by atoms with Gasteiger partial charge in [0.2, 0.25) is 0 Å². The number of methoxy groups -OCH3 is 3. The highest BCUT2D eigenvalue weighted by Crippen LogP contribution is 2.60. The molecule has 5 nitrogen and oxygen atoms in total. The van der Waals surface area contributed by atoms with Gasteiger partial charge in [-0.1, -0.05) is 86.7 Å². The molecule has 5 heteroatoms. The maximum absolute atomic E-state index is 7.55. The normalized spacial score (nSPS) is 15.2. The van der Waals surface area contributed by atoms with Crippen molar-refractivity contribution in [2.24, 2.45) is 0 Å². The highest BCUT2D eigenvalue weighted by Gasteiger charge is 2.45. The van der Waals surface area contributed by atoms with Gasteiger partial charge in [0.1, 0.15) is 22.8 Å². The first-order valence-corrected chi connectivity index (χ1v) is 16.2. The van der Waals surface area contributed by atoms with Crippen molar-refractivity contribution >= 4 is 38.8 Å². The van der Waals surface area contributed by atoms with Gasteiger partial charge in [-0.2, -0.15) is 0 Å². The van der Waals surface area contributed by atoms with Crippen LogP contribution in [0.3, 0.4) is 0 Å². The van der Waals surface area contributed by atoms with Gasteiger partial charge in [0.05, 0.1) is 21.3 Å². The van der Waals surface area contributed by atoms with E-state index < -0.39 is 5.60 Å². The molecule has 0 spiro atoms. The van der Waals surface area contributed by atoms with Crippen LogP contribution in [0, 0.1) is 0 Å². The quantitative estimate of drug-likeness (QED) is 0.189. The minimum absolute atomic E-state index is 0.288. The van der Waals surface area contributed by atoms with Gasteiger partial charge in [-0.3, -0.25) is 0 Å². The van der Waals surface area contributed by atoms with Crippen LogP contribution < -0.4 is 18.9 Å². The molecule has 0 fully saturated rings. The predicted molar refractivity (Wildman–Crippen MR) is 192 cm³/mol. The Morgan fingerprint density at radius 1 is 0.646 bits per heavy atom. The van der Waals surface area contributed by atoms with Crippen molar-refractivity contribution in [1.29, 1.82) is 0 Å².